The topological polar surface area (TPSA) is 73.7 Å². The summed E-state index contributed by atoms with van der Waals surface area (Å²) in [5, 5.41) is 6.49. The summed E-state index contributed by atoms with van der Waals surface area (Å²) in [4.78, 5) is 1.14. The lowest BCUT2D eigenvalue weighted by atomic mass is 10.1. The van der Waals surface area contributed by atoms with Crippen molar-refractivity contribution >= 4 is 21.4 Å². The van der Waals surface area contributed by atoms with E-state index in [4.69, 9.17) is 9.47 Å². The SMILES string of the molecule is CC(C)n1cc(S(=O)(=O)N2CCC3(CC2)OCCO3)c(-c2cccs2)n1. The molecule has 2 aromatic rings. The van der Waals surface area contributed by atoms with E-state index in [9.17, 15) is 8.42 Å². The van der Waals surface area contributed by atoms with E-state index >= 15 is 0 Å². The number of hydrogen-bond acceptors (Lipinski definition) is 6. The molecule has 4 rings (SSSR count). The number of nitrogens with zero attached hydrogens (tertiary/aromatic N) is 3. The van der Waals surface area contributed by atoms with Gasteiger partial charge in [0.25, 0.3) is 0 Å². The van der Waals surface area contributed by atoms with Gasteiger partial charge in [-0.15, -0.1) is 11.3 Å². The minimum Gasteiger partial charge on any atom is -0.347 e. The van der Waals surface area contributed by atoms with E-state index in [2.05, 4.69) is 5.10 Å². The maximum absolute atomic E-state index is 13.3. The molecule has 7 nitrogen and oxygen atoms in total. The second kappa shape index (κ2) is 6.72. The van der Waals surface area contributed by atoms with E-state index < -0.39 is 15.8 Å². The Hall–Kier alpha value is -1.26. The fourth-order valence-corrected chi connectivity index (χ4v) is 5.77. The molecule has 0 N–H and O–H groups in total. The predicted molar refractivity (Wildman–Crippen MR) is 98.6 cm³/mol. The molecule has 2 aliphatic heterocycles. The van der Waals surface area contributed by atoms with E-state index in [1.807, 2.05) is 31.4 Å². The number of aromatic nitrogens is 2. The molecular formula is C17H23N3O4S2. The predicted octanol–water partition coefficient (Wildman–Crippen LogP) is 2.72. The lowest BCUT2D eigenvalue weighted by Gasteiger charge is -2.36. The van der Waals surface area contributed by atoms with Crippen LogP contribution in [0.25, 0.3) is 10.6 Å². The third-order valence-electron chi connectivity index (χ3n) is 4.90. The molecular weight excluding hydrogens is 374 g/mol. The monoisotopic (exact) mass is 397 g/mol. The molecule has 0 amide bonds. The Morgan fingerprint density at radius 3 is 2.50 bits per heavy atom. The van der Waals surface area contributed by atoms with E-state index in [0.29, 0.717) is 44.8 Å². The Balaban J connectivity index is 1.65. The van der Waals surface area contributed by atoms with Gasteiger partial charge in [0.2, 0.25) is 10.0 Å². The van der Waals surface area contributed by atoms with Gasteiger partial charge in [0, 0.05) is 38.2 Å². The summed E-state index contributed by atoms with van der Waals surface area (Å²) in [6.45, 7) is 5.91. The Morgan fingerprint density at radius 2 is 1.92 bits per heavy atom. The van der Waals surface area contributed by atoms with Crippen molar-refractivity contribution in [1.29, 1.82) is 0 Å². The third-order valence-corrected chi connectivity index (χ3v) is 7.67. The number of thiophene rings is 1. The lowest BCUT2D eigenvalue weighted by Crippen LogP contribution is -2.47. The normalized spacial score (nSPS) is 21.0. The van der Waals surface area contributed by atoms with Crippen LogP contribution in [0.4, 0.5) is 0 Å². The van der Waals surface area contributed by atoms with E-state index in [1.54, 1.807) is 10.9 Å². The fourth-order valence-electron chi connectivity index (χ4n) is 3.40. The average molecular weight is 398 g/mol. The molecule has 1 spiro atoms. The summed E-state index contributed by atoms with van der Waals surface area (Å²) in [7, 11) is -3.63. The molecule has 0 bridgehead atoms. The van der Waals surface area contributed by atoms with Crippen LogP contribution in [-0.2, 0) is 19.5 Å². The molecule has 0 aliphatic carbocycles. The standard InChI is InChI=1S/C17H23N3O4S2/c1-13(2)20-12-15(16(18-20)14-4-3-11-25-14)26(21,22)19-7-5-17(6-8-19)23-9-10-24-17/h3-4,11-13H,5-10H2,1-2H3. The van der Waals surface area contributed by atoms with Crippen molar-refractivity contribution in [2.45, 2.75) is 43.4 Å². The van der Waals surface area contributed by atoms with Crippen LogP contribution in [-0.4, -0.2) is 54.6 Å². The smallest absolute Gasteiger partial charge is 0.246 e. The summed E-state index contributed by atoms with van der Waals surface area (Å²) in [6.07, 6.45) is 2.76. The van der Waals surface area contributed by atoms with Gasteiger partial charge >= 0.3 is 0 Å². The molecule has 9 heteroatoms. The molecule has 2 aliphatic rings. The molecule has 2 fully saturated rings. The summed E-state index contributed by atoms with van der Waals surface area (Å²) >= 11 is 1.49. The van der Waals surface area contributed by atoms with E-state index in [-0.39, 0.29) is 10.9 Å². The van der Waals surface area contributed by atoms with Crippen molar-refractivity contribution in [3.05, 3.63) is 23.7 Å². The van der Waals surface area contributed by atoms with Crippen molar-refractivity contribution in [3.8, 4) is 10.6 Å². The molecule has 26 heavy (non-hydrogen) atoms. The Bertz CT molecular complexity index is 858. The molecule has 2 saturated heterocycles. The Labute approximate surface area is 157 Å². The average Bonchev–Trinajstić information content (AvgIpc) is 3.35. The van der Waals surface area contributed by atoms with Crippen molar-refractivity contribution in [1.82, 2.24) is 14.1 Å². The molecule has 0 unspecified atom stereocenters. The van der Waals surface area contributed by atoms with Crippen LogP contribution in [0, 0.1) is 0 Å². The van der Waals surface area contributed by atoms with Gasteiger partial charge in [0.15, 0.2) is 5.79 Å². The highest BCUT2D eigenvalue weighted by molar-refractivity contribution is 7.89. The van der Waals surface area contributed by atoms with Gasteiger partial charge in [-0.25, -0.2) is 8.42 Å². The van der Waals surface area contributed by atoms with E-state index in [1.165, 1.54) is 15.6 Å². The van der Waals surface area contributed by atoms with Crippen LogP contribution in [0.2, 0.25) is 0 Å². The van der Waals surface area contributed by atoms with Crippen molar-refractivity contribution in [2.75, 3.05) is 26.3 Å². The molecule has 0 atom stereocenters. The maximum atomic E-state index is 13.3. The number of ether oxygens (including phenoxy) is 2. The molecule has 0 saturated carbocycles. The minimum atomic E-state index is -3.63. The van der Waals surface area contributed by atoms with Gasteiger partial charge < -0.3 is 9.47 Å². The largest absolute Gasteiger partial charge is 0.347 e. The highest BCUT2D eigenvalue weighted by atomic mass is 32.2. The van der Waals surface area contributed by atoms with Crippen molar-refractivity contribution < 1.29 is 17.9 Å². The first-order valence-corrected chi connectivity index (χ1v) is 11.1. The minimum absolute atomic E-state index is 0.0857. The maximum Gasteiger partial charge on any atom is 0.246 e. The lowest BCUT2D eigenvalue weighted by molar-refractivity contribution is -0.179. The van der Waals surface area contributed by atoms with Crippen molar-refractivity contribution in [3.63, 3.8) is 0 Å². The molecule has 2 aromatic heterocycles. The number of sulfonamides is 1. The summed E-state index contributed by atoms with van der Waals surface area (Å²) in [5.74, 6) is -0.593. The van der Waals surface area contributed by atoms with Gasteiger partial charge in [0.1, 0.15) is 10.6 Å². The van der Waals surface area contributed by atoms with Crippen LogP contribution in [0.5, 0.6) is 0 Å². The third kappa shape index (κ3) is 3.11. The zero-order valence-corrected chi connectivity index (χ0v) is 16.6. The highest BCUT2D eigenvalue weighted by Crippen LogP contribution is 2.36. The summed E-state index contributed by atoms with van der Waals surface area (Å²) in [6, 6.07) is 3.90. The first-order valence-electron chi connectivity index (χ1n) is 8.82. The molecule has 0 aromatic carbocycles. The van der Waals surface area contributed by atoms with Gasteiger partial charge in [0.05, 0.1) is 18.1 Å². The second-order valence-corrected chi connectivity index (χ2v) is 9.76. The zero-order chi connectivity index (χ0) is 18.4. The summed E-state index contributed by atoms with van der Waals surface area (Å²) in [5.41, 5.74) is 0.530. The first-order chi connectivity index (χ1) is 12.4. The van der Waals surface area contributed by atoms with Crippen LogP contribution >= 0.6 is 11.3 Å². The van der Waals surface area contributed by atoms with Gasteiger partial charge in [-0.1, -0.05) is 6.07 Å². The van der Waals surface area contributed by atoms with Gasteiger partial charge in [-0.3, -0.25) is 4.68 Å². The number of rotatable bonds is 4. The number of hydrogen-bond donors (Lipinski definition) is 0. The first kappa shape index (κ1) is 18.1. The second-order valence-electron chi connectivity index (χ2n) is 6.90. The fraction of sp³-hybridized carbons (Fsp3) is 0.588. The molecule has 0 radical (unpaired) electrons. The molecule has 142 valence electrons. The Kier molecular flexibility index (Phi) is 4.68. The van der Waals surface area contributed by atoms with Gasteiger partial charge in [-0.2, -0.15) is 9.40 Å². The van der Waals surface area contributed by atoms with Crippen molar-refractivity contribution in [2.24, 2.45) is 0 Å². The Morgan fingerprint density at radius 1 is 1.23 bits per heavy atom. The van der Waals surface area contributed by atoms with Crippen LogP contribution in [0.15, 0.2) is 28.6 Å². The number of piperidine rings is 1. The van der Waals surface area contributed by atoms with E-state index in [0.717, 1.165) is 4.88 Å². The summed E-state index contributed by atoms with van der Waals surface area (Å²) < 4.78 is 41.3. The van der Waals surface area contributed by atoms with Crippen LogP contribution in [0.3, 0.4) is 0 Å². The zero-order valence-electron chi connectivity index (χ0n) is 14.9. The molecule has 4 heterocycles. The highest BCUT2D eigenvalue weighted by Gasteiger charge is 2.43. The quantitative estimate of drug-likeness (QED) is 0.793. The van der Waals surface area contributed by atoms with Crippen LogP contribution < -0.4 is 0 Å². The van der Waals surface area contributed by atoms with Gasteiger partial charge in [-0.05, 0) is 25.3 Å². The van der Waals surface area contributed by atoms with Crippen LogP contribution in [0.1, 0.15) is 32.7 Å².